The number of likely N-dealkylation sites (N-methyl/N-ethyl adjacent to an activating group) is 2. The zero-order valence-electron chi connectivity index (χ0n) is 23.9. The normalized spacial score (nSPS) is 15.9. The summed E-state index contributed by atoms with van der Waals surface area (Å²) in [5.41, 5.74) is 1.06. The third-order valence-electron chi connectivity index (χ3n) is 6.98. The predicted octanol–water partition coefficient (Wildman–Crippen LogP) is 3.55. The zero-order valence-corrected chi connectivity index (χ0v) is 23.9. The van der Waals surface area contributed by atoms with E-state index < -0.39 is 18.2 Å². The summed E-state index contributed by atoms with van der Waals surface area (Å²) in [4.78, 5) is 47.0. The van der Waals surface area contributed by atoms with E-state index in [1.165, 1.54) is 6.92 Å². The Balaban J connectivity index is 3.16. The van der Waals surface area contributed by atoms with Gasteiger partial charge in [-0.25, -0.2) is 0 Å². The predicted molar refractivity (Wildman–Crippen MR) is 143 cm³/mol. The molecule has 0 aliphatic heterocycles. The van der Waals surface area contributed by atoms with E-state index in [1.807, 2.05) is 51.8 Å². The van der Waals surface area contributed by atoms with Gasteiger partial charge in [-0.05, 0) is 49.4 Å². The van der Waals surface area contributed by atoms with Crippen LogP contribution in [0.25, 0.3) is 0 Å². The fraction of sp³-hybridized carbons (Fsp3) is 0.714. The molecule has 2 amide bonds. The lowest BCUT2D eigenvalue weighted by Crippen LogP contribution is -2.59. The van der Waals surface area contributed by atoms with Gasteiger partial charge >= 0.3 is 0 Å². The molecule has 0 aliphatic rings. The highest BCUT2D eigenvalue weighted by atomic mass is 16.5. The maximum Gasteiger partial charge on any atom is 0.245 e. The van der Waals surface area contributed by atoms with Crippen molar-refractivity contribution in [3.05, 3.63) is 30.1 Å². The molecule has 0 spiro atoms. The number of methoxy groups -OCH3 is 1. The van der Waals surface area contributed by atoms with Gasteiger partial charge in [-0.15, -0.1) is 0 Å². The summed E-state index contributed by atoms with van der Waals surface area (Å²) >= 11 is 0. The second kappa shape index (κ2) is 15.1. The van der Waals surface area contributed by atoms with Crippen molar-refractivity contribution in [2.45, 2.75) is 92.1 Å². The summed E-state index contributed by atoms with van der Waals surface area (Å²) in [7, 11) is 5.25. The lowest BCUT2D eigenvalue weighted by Gasteiger charge is -2.40. The molecule has 8 nitrogen and oxygen atoms in total. The molecule has 0 saturated heterocycles. The van der Waals surface area contributed by atoms with E-state index in [-0.39, 0.29) is 47.8 Å². The number of carbonyl (C=O) groups excluding carboxylic acids is 3. The minimum atomic E-state index is -0.695. The van der Waals surface area contributed by atoms with E-state index in [1.54, 1.807) is 31.5 Å². The fourth-order valence-electron chi connectivity index (χ4n) is 4.87. The highest BCUT2D eigenvalue weighted by molar-refractivity contribution is 5.90. The molecule has 8 heteroatoms. The number of pyridine rings is 1. The van der Waals surface area contributed by atoms with Gasteiger partial charge in [0.05, 0.1) is 18.2 Å². The maximum atomic E-state index is 13.8. The fourth-order valence-corrected chi connectivity index (χ4v) is 4.87. The third-order valence-corrected chi connectivity index (χ3v) is 6.98. The molecule has 36 heavy (non-hydrogen) atoms. The smallest absolute Gasteiger partial charge is 0.245 e. The number of nitrogens with zero attached hydrogens (tertiary/aromatic N) is 3. The Labute approximate surface area is 218 Å². The van der Waals surface area contributed by atoms with Crippen molar-refractivity contribution in [1.82, 2.24) is 20.1 Å². The standard InChI is InChI=1S/C28H48N4O4/c1-11-20(6)26(23(36-10)16-21(7)33)32(9)28(35)24(18(2)3)30-27(34)25(19(4)5)31(8)17-22-12-14-29-15-13-22/h12-15,18-20,23-26H,11,16-17H2,1-10H3,(H,30,34). The topological polar surface area (TPSA) is 91.8 Å². The first-order valence-electron chi connectivity index (χ1n) is 13.0. The molecule has 0 aliphatic carbocycles. The van der Waals surface area contributed by atoms with Gasteiger partial charge in [0.25, 0.3) is 0 Å². The molecule has 0 radical (unpaired) electrons. The summed E-state index contributed by atoms with van der Waals surface area (Å²) < 4.78 is 5.68. The molecule has 1 heterocycles. The van der Waals surface area contributed by atoms with Crippen molar-refractivity contribution in [2.75, 3.05) is 21.2 Å². The van der Waals surface area contributed by atoms with Crippen molar-refractivity contribution >= 4 is 17.6 Å². The average molecular weight is 505 g/mol. The molecular formula is C28H48N4O4. The first-order chi connectivity index (χ1) is 16.8. The molecule has 5 unspecified atom stereocenters. The molecule has 1 N–H and O–H groups in total. The van der Waals surface area contributed by atoms with E-state index >= 15 is 0 Å². The highest BCUT2D eigenvalue weighted by Crippen LogP contribution is 2.23. The van der Waals surface area contributed by atoms with Crippen LogP contribution in [0.3, 0.4) is 0 Å². The molecular weight excluding hydrogens is 456 g/mol. The van der Waals surface area contributed by atoms with Crippen LogP contribution in [0.4, 0.5) is 0 Å². The minimum Gasteiger partial charge on any atom is -0.379 e. The van der Waals surface area contributed by atoms with Crippen molar-refractivity contribution in [2.24, 2.45) is 17.8 Å². The Bertz CT molecular complexity index is 830. The number of ether oxygens (including phenoxy) is 1. The van der Waals surface area contributed by atoms with E-state index in [0.29, 0.717) is 6.54 Å². The van der Waals surface area contributed by atoms with Crippen LogP contribution < -0.4 is 5.32 Å². The Morgan fingerprint density at radius 3 is 2.06 bits per heavy atom. The van der Waals surface area contributed by atoms with Gasteiger partial charge in [0.2, 0.25) is 11.8 Å². The number of amides is 2. The highest BCUT2D eigenvalue weighted by Gasteiger charge is 2.38. The Morgan fingerprint density at radius 2 is 1.61 bits per heavy atom. The van der Waals surface area contributed by atoms with Gasteiger partial charge in [0.1, 0.15) is 11.8 Å². The molecule has 0 aromatic carbocycles. The van der Waals surface area contributed by atoms with E-state index in [9.17, 15) is 14.4 Å². The molecule has 0 bridgehead atoms. The quantitative estimate of drug-likeness (QED) is 0.393. The number of nitrogens with one attached hydrogen (secondary N) is 1. The van der Waals surface area contributed by atoms with Crippen LogP contribution in [-0.4, -0.2) is 77.8 Å². The van der Waals surface area contributed by atoms with Crippen LogP contribution in [0.5, 0.6) is 0 Å². The number of hydrogen-bond donors (Lipinski definition) is 1. The molecule has 1 aromatic heterocycles. The van der Waals surface area contributed by atoms with E-state index in [0.717, 1.165) is 12.0 Å². The second-order valence-electron chi connectivity index (χ2n) is 10.7. The maximum absolute atomic E-state index is 13.8. The van der Waals surface area contributed by atoms with Gasteiger partial charge in [-0.2, -0.15) is 0 Å². The lowest BCUT2D eigenvalue weighted by atomic mass is 9.89. The number of aromatic nitrogens is 1. The Hall–Kier alpha value is -2.32. The van der Waals surface area contributed by atoms with Crippen molar-refractivity contribution in [1.29, 1.82) is 0 Å². The van der Waals surface area contributed by atoms with E-state index in [4.69, 9.17) is 4.74 Å². The van der Waals surface area contributed by atoms with Crippen molar-refractivity contribution in [3.8, 4) is 0 Å². The molecule has 204 valence electrons. The van der Waals surface area contributed by atoms with Gasteiger partial charge < -0.3 is 15.0 Å². The Morgan fingerprint density at radius 1 is 1.03 bits per heavy atom. The molecule has 5 atom stereocenters. The van der Waals surface area contributed by atoms with Crippen LogP contribution in [0.15, 0.2) is 24.5 Å². The molecule has 1 aromatic rings. The van der Waals surface area contributed by atoms with Gasteiger partial charge in [-0.3, -0.25) is 24.3 Å². The second-order valence-corrected chi connectivity index (χ2v) is 10.7. The summed E-state index contributed by atoms with van der Waals surface area (Å²) in [5, 5.41) is 3.06. The molecule has 1 rings (SSSR count). The average Bonchev–Trinajstić information content (AvgIpc) is 2.81. The monoisotopic (exact) mass is 504 g/mol. The van der Waals surface area contributed by atoms with Crippen molar-refractivity contribution in [3.63, 3.8) is 0 Å². The van der Waals surface area contributed by atoms with Crippen LogP contribution in [0, 0.1) is 17.8 Å². The first kappa shape index (κ1) is 31.7. The minimum absolute atomic E-state index is 0.0155. The van der Waals surface area contributed by atoms with Gasteiger partial charge in [0, 0.05) is 39.5 Å². The lowest BCUT2D eigenvalue weighted by molar-refractivity contribution is -0.144. The summed E-state index contributed by atoms with van der Waals surface area (Å²) in [5.74, 6) is -0.293. The van der Waals surface area contributed by atoms with Crippen LogP contribution in [0.2, 0.25) is 0 Å². The SMILES string of the molecule is CCC(C)C(C(CC(C)=O)OC)N(C)C(=O)C(NC(=O)C(C(C)C)N(C)Cc1ccncc1)C(C)C. The van der Waals surface area contributed by atoms with Crippen LogP contribution in [0.1, 0.15) is 66.9 Å². The summed E-state index contributed by atoms with van der Waals surface area (Å²) in [6.07, 6.45) is 4.13. The van der Waals surface area contributed by atoms with Gasteiger partial charge in [-0.1, -0.05) is 48.0 Å². The third kappa shape index (κ3) is 8.96. The number of carbonyl (C=O) groups is 3. The van der Waals surface area contributed by atoms with E-state index in [2.05, 4.69) is 24.1 Å². The number of Topliss-reactive ketones (excluding diaryl/α,β-unsaturated/α-hetero) is 1. The number of ketones is 1. The van der Waals surface area contributed by atoms with Gasteiger partial charge in [0.15, 0.2) is 0 Å². The summed E-state index contributed by atoms with van der Waals surface area (Å²) in [6.45, 7) is 14.1. The molecule has 0 saturated carbocycles. The largest absolute Gasteiger partial charge is 0.379 e. The Kier molecular flexibility index (Phi) is 13.3. The molecule has 0 fully saturated rings. The zero-order chi connectivity index (χ0) is 27.6. The summed E-state index contributed by atoms with van der Waals surface area (Å²) in [6, 6.07) is 2.48. The number of rotatable bonds is 15. The first-order valence-corrected chi connectivity index (χ1v) is 13.0. The van der Waals surface area contributed by atoms with Crippen molar-refractivity contribution < 1.29 is 19.1 Å². The van der Waals surface area contributed by atoms with Crippen LogP contribution >= 0.6 is 0 Å². The van der Waals surface area contributed by atoms with Crippen LogP contribution in [-0.2, 0) is 25.7 Å². The number of hydrogen-bond acceptors (Lipinski definition) is 6.